The van der Waals surface area contributed by atoms with E-state index in [-0.39, 0.29) is 5.91 Å². The van der Waals surface area contributed by atoms with Gasteiger partial charge in [0.25, 0.3) is 5.91 Å². The van der Waals surface area contributed by atoms with Crippen molar-refractivity contribution in [1.82, 2.24) is 5.43 Å². The first-order valence-electron chi connectivity index (χ1n) is 9.23. The highest BCUT2D eigenvalue weighted by Gasteiger charge is 2.08. The number of unbranched alkanes of at least 4 members (excludes halogenated alkanes) is 2. The fourth-order valence-corrected chi connectivity index (χ4v) is 2.46. The standard InChI is InChI=1S/C21H27N3O3/c1-3-5-8-13-27-19-12-11-16(14-20(19)26-4-2)15-23-24-21(25)17-9-6-7-10-18(17)22/h6-7,9-12,14-15H,3-5,8,13,22H2,1-2H3,(H,24,25)/b23-15+. The zero-order valence-corrected chi connectivity index (χ0v) is 15.9. The molecule has 0 radical (unpaired) electrons. The topological polar surface area (TPSA) is 85.9 Å². The molecule has 0 saturated heterocycles. The summed E-state index contributed by atoms with van der Waals surface area (Å²) in [6, 6.07) is 12.4. The molecule has 0 aliphatic rings. The van der Waals surface area contributed by atoms with Crippen molar-refractivity contribution in [2.75, 3.05) is 18.9 Å². The van der Waals surface area contributed by atoms with Crippen LogP contribution in [0.3, 0.4) is 0 Å². The summed E-state index contributed by atoms with van der Waals surface area (Å²) in [4.78, 5) is 12.1. The molecule has 6 heteroatoms. The number of nitrogens with two attached hydrogens (primary N) is 1. The molecule has 0 aliphatic heterocycles. The van der Waals surface area contributed by atoms with Crippen LogP contribution in [-0.4, -0.2) is 25.3 Å². The molecule has 0 saturated carbocycles. The second kappa shape index (κ2) is 10.9. The number of benzene rings is 2. The smallest absolute Gasteiger partial charge is 0.273 e. The van der Waals surface area contributed by atoms with E-state index in [1.165, 1.54) is 0 Å². The van der Waals surface area contributed by atoms with Crippen molar-refractivity contribution in [3.63, 3.8) is 0 Å². The molecular formula is C21H27N3O3. The van der Waals surface area contributed by atoms with Gasteiger partial charge in [-0.05, 0) is 49.2 Å². The number of rotatable bonds is 10. The minimum atomic E-state index is -0.356. The molecule has 3 N–H and O–H groups in total. The number of hydrazone groups is 1. The fourth-order valence-electron chi connectivity index (χ4n) is 2.46. The number of anilines is 1. The Morgan fingerprint density at radius 1 is 1.11 bits per heavy atom. The third-order valence-corrected chi connectivity index (χ3v) is 3.86. The lowest BCUT2D eigenvalue weighted by atomic mass is 10.2. The van der Waals surface area contributed by atoms with Crippen LogP contribution in [0.5, 0.6) is 11.5 Å². The van der Waals surface area contributed by atoms with Gasteiger partial charge in [0.2, 0.25) is 0 Å². The Labute approximate surface area is 160 Å². The van der Waals surface area contributed by atoms with Crippen LogP contribution in [0.1, 0.15) is 49.0 Å². The van der Waals surface area contributed by atoms with Gasteiger partial charge in [-0.3, -0.25) is 4.79 Å². The van der Waals surface area contributed by atoms with Crippen molar-refractivity contribution in [2.24, 2.45) is 5.10 Å². The zero-order chi connectivity index (χ0) is 19.5. The van der Waals surface area contributed by atoms with Crippen LogP contribution in [0.2, 0.25) is 0 Å². The number of nitrogen functional groups attached to an aromatic ring is 1. The quantitative estimate of drug-likeness (QED) is 0.287. The number of ether oxygens (including phenoxy) is 2. The normalized spacial score (nSPS) is 10.7. The van der Waals surface area contributed by atoms with E-state index in [1.807, 2.05) is 25.1 Å². The lowest BCUT2D eigenvalue weighted by Crippen LogP contribution is -2.19. The fraction of sp³-hybridized carbons (Fsp3) is 0.333. The van der Waals surface area contributed by atoms with Crippen LogP contribution in [0.25, 0.3) is 0 Å². The molecule has 27 heavy (non-hydrogen) atoms. The van der Waals surface area contributed by atoms with Crippen LogP contribution in [0.4, 0.5) is 5.69 Å². The first-order chi connectivity index (χ1) is 13.2. The van der Waals surface area contributed by atoms with Crippen molar-refractivity contribution in [3.05, 3.63) is 53.6 Å². The van der Waals surface area contributed by atoms with Gasteiger partial charge >= 0.3 is 0 Å². The Morgan fingerprint density at radius 2 is 1.93 bits per heavy atom. The lowest BCUT2D eigenvalue weighted by molar-refractivity contribution is 0.0956. The van der Waals surface area contributed by atoms with Crippen LogP contribution >= 0.6 is 0 Å². The Kier molecular flexibility index (Phi) is 8.16. The van der Waals surface area contributed by atoms with E-state index in [2.05, 4.69) is 17.5 Å². The highest BCUT2D eigenvalue weighted by atomic mass is 16.5. The summed E-state index contributed by atoms with van der Waals surface area (Å²) in [6.45, 7) is 5.28. The highest BCUT2D eigenvalue weighted by Crippen LogP contribution is 2.28. The number of hydrogen-bond donors (Lipinski definition) is 2. The van der Waals surface area contributed by atoms with E-state index in [1.54, 1.807) is 30.5 Å². The van der Waals surface area contributed by atoms with E-state index in [9.17, 15) is 4.79 Å². The number of nitrogens with one attached hydrogen (secondary N) is 1. The maximum atomic E-state index is 12.1. The number of carbonyl (C=O) groups is 1. The van der Waals surface area contributed by atoms with Crippen molar-refractivity contribution < 1.29 is 14.3 Å². The predicted molar refractivity (Wildman–Crippen MR) is 109 cm³/mol. The Bertz CT molecular complexity index is 775. The van der Waals surface area contributed by atoms with Crippen LogP contribution in [0, 0.1) is 0 Å². The van der Waals surface area contributed by atoms with Crippen molar-refractivity contribution >= 4 is 17.8 Å². The van der Waals surface area contributed by atoms with Gasteiger partial charge in [0, 0.05) is 5.69 Å². The Balaban J connectivity index is 2.00. The molecular weight excluding hydrogens is 342 g/mol. The molecule has 0 unspecified atom stereocenters. The van der Waals surface area contributed by atoms with E-state index in [4.69, 9.17) is 15.2 Å². The molecule has 0 bridgehead atoms. The maximum absolute atomic E-state index is 12.1. The number of carbonyl (C=O) groups excluding carboxylic acids is 1. The summed E-state index contributed by atoms with van der Waals surface area (Å²) in [5.41, 5.74) is 9.86. The highest BCUT2D eigenvalue weighted by molar-refractivity contribution is 5.99. The van der Waals surface area contributed by atoms with Gasteiger partial charge in [-0.25, -0.2) is 5.43 Å². The molecule has 2 aromatic rings. The van der Waals surface area contributed by atoms with Crippen molar-refractivity contribution in [3.8, 4) is 11.5 Å². The van der Waals surface area contributed by atoms with Crippen LogP contribution in [-0.2, 0) is 0 Å². The molecule has 2 aromatic carbocycles. The largest absolute Gasteiger partial charge is 0.490 e. The average molecular weight is 369 g/mol. The summed E-state index contributed by atoms with van der Waals surface area (Å²) in [7, 11) is 0. The summed E-state index contributed by atoms with van der Waals surface area (Å²) >= 11 is 0. The van der Waals surface area contributed by atoms with Crippen LogP contribution in [0.15, 0.2) is 47.6 Å². The SMILES string of the molecule is CCCCCOc1ccc(/C=N/NC(=O)c2ccccc2N)cc1OCC. The minimum absolute atomic E-state index is 0.356. The van der Waals surface area contributed by atoms with Crippen LogP contribution < -0.4 is 20.6 Å². The van der Waals surface area contributed by atoms with Crippen molar-refractivity contribution in [2.45, 2.75) is 33.1 Å². The summed E-state index contributed by atoms with van der Waals surface area (Å²) in [5.74, 6) is 1.02. The average Bonchev–Trinajstić information content (AvgIpc) is 2.67. The van der Waals surface area contributed by atoms with Gasteiger partial charge in [0.05, 0.1) is 25.0 Å². The Hall–Kier alpha value is -3.02. The molecule has 6 nitrogen and oxygen atoms in total. The summed E-state index contributed by atoms with van der Waals surface area (Å²) < 4.78 is 11.5. The molecule has 0 aromatic heterocycles. The maximum Gasteiger partial charge on any atom is 0.273 e. The molecule has 0 fully saturated rings. The number of amides is 1. The second-order valence-corrected chi connectivity index (χ2v) is 5.98. The Morgan fingerprint density at radius 3 is 2.67 bits per heavy atom. The molecule has 1 amide bonds. The van der Waals surface area contributed by atoms with Gasteiger partial charge in [0.15, 0.2) is 11.5 Å². The monoisotopic (exact) mass is 369 g/mol. The predicted octanol–water partition coefficient (Wildman–Crippen LogP) is 4.00. The zero-order valence-electron chi connectivity index (χ0n) is 15.9. The van der Waals surface area contributed by atoms with Crippen molar-refractivity contribution in [1.29, 1.82) is 0 Å². The molecule has 2 rings (SSSR count). The summed E-state index contributed by atoms with van der Waals surface area (Å²) in [6.07, 6.45) is 4.86. The van der Waals surface area contributed by atoms with Gasteiger partial charge in [0.1, 0.15) is 0 Å². The van der Waals surface area contributed by atoms with E-state index in [0.717, 1.165) is 24.8 Å². The van der Waals surface area contributed by atoms with Gasteiger partial charge in [-0.1, -0.05) is 31.9 Å². The lowest BCUT2D eigenvalue weighted by Gasteiger charge is -2.12. The number of nitrogens with zero attached hydrogens (tertiary/aromatic N) is 1. The molecule has 0 aliphatic carbocycles. The van der Waals surface area contributed by atoms with Gasteiger partial charge < -0.3 is 15.2 Å². The molecule has 144 valence electrons. The summed E-state index contributed by atoms with van der Waals surface area (Å²) in [5, 5.41) is 4.00. The minimum Gasteiger partial charge on any atom is -0.490 e. The van der Waals surface area contributed by atoms with Gasteiger partial charge in [-0.15, -0.1) is 0 Å². The third kappa shape index (κ3) is 6.33. The molecule has 0 atom stereocenters. The van der Waals surface area contributed by atoms with E-state index < -0.39 is 0 Å². The first-order valence-corrected chi connectivity index (χ1v) is 9.23. The number of hydrogen-bond acceptors (Lipinski definition) is 5. The van der Waals surface area contributed by atoms with Gasteiger partial charge in [-0.2, -0.15) is 5.10 Å². The second-order valence-electron chi connectivity index (χ2n) is 5.98. The molecule has 0 spiro atoms. The van der Waals surface area contributed by atoms with E-state index >= 15 is 0 Å². The third-order valence-electron chi connectivity index (χ3n) is 3.86. The number of para-hydroxylation sites is 1. The molecule has 0 heterocycles. The first kappa shape index (κ1) is 20.3. The van der Waals surface area contributed by atoms with E-state index in [0.29, 0.717) is 36.0 Å².